The molecule has 4 aromatic rings. The molecule has 0 radical (unpaired) electrons. The number of piperazine rings is 1. The molecule has 9 heteroatoms. The summed E-state index contributed by atoms with van der Waals surface area (Å²) in [6.07, 6.45) is 5.49. The van der Waals surface area contributed by atoms with Gasteiger partial charge in [0.25, 0.3) is 5.91 Å². The van der Waals surface area contributed by atoms with Crippen LogP contribution in [-0.4, -0.2) is 63.8 Å². The molecule has 9 nitrogen and oxygen atoms in total. The van der Waals surface area contributed by atoms with E-state index in [2.05, 4.69) is 60.5 Å². The number of carbonyl (C=O) groups excluding carboxylic acids is 1. The topological polar surface area (TPSA) is 91.2 Å². The number of benzene rings is 1. The first kappa shape index (κ1) is 23.7. The number of rotatable bonds is 4. The maximum Gasteiger partial charge on any atom is 0.254 e. The van der Waals surface area contributed by atoms with Crippen LogP contribution in [0.1, 0.15) is 27.3 Å². The molecule has 2 N–H and O–H groups in total. The van der Waals surface area contributed by atoms with Crippen LogP contribution in [0.25, 0.3) is 11.1 Å². The van der Waals surface area contributed by atoms with Crippen molar-refractivity contribution in [2.75, 3.05) is 43.4 Å². The standard InChI is InChI=1S/C29H28N8O/c1-35-13-15-37(16-14-35)23-5-8-27(31-18-23)33-26-7-6-24(25-19-32-29(38)28(25)26)20-9-11-30-22(17-20)4-3-21-10-12-36(2)34-21/h5-12,17-18H,13-16,19H2,1-2H3,(H,31,33)(H,32,38). The second-order valence-corrected chi connectivity index (χ2v) is 9.57. The minimum Gasteiger partial charge on any atom is -0.368 e. The van der Waals surface area contributed by atoms with Gasteiger partial charge in [0, 0.05) is 52.2 Å². The van der Waals surface area contributed by atoms with E-state index < -0.39 is 0 Å². The Morgan fingerprint density at radius 3 is 2.55 bits per heavy atom. The Hall–Kier alpha value is -4.68. The molecule has 2 aliphatic rings. The lowest BCUT2D eigenvalue weighted by Gasteiger charge is -2.33. The summed E-state index contributed by atoms with van der Waals surface area (Å²) < 4.78 is 1.72. The molecule has 1 aromatic carbocycles. The summed E-state index contributed by atoms with van der Waals surface area (Å²) >= 11 is 0. The number of anilines is 3. The summed E-state index contributed by atoms with van der Waals surface area (Å²) in [6.45, 7) is 4.54. The molecule has 1 amide bonds. The van der Waals surface area contributed by atoms with Gasteiger partial charge in [-0.15, -0.1) is 0 Å². The molecule has 0 unspecified atom stereocenters. The molecule has 2 aliphatic heterocycles. The Morgan fingerprint density at radius 1 is 0.947 bits per heavy atom. The van der Waals surface area contributed by atoms with Crippen LogP contribution in [0.4, 0.5) is 17.2 Å². The van der Waals surface area contributed by atoms with Gasteiger partial charge in [-0.05, 0) is 72.0 Å². The van der Waals surface area contributed by atoms with E-state index in [9.17, 15) is 4.79 Å². The van der Waals surface area contributed by atoms with Crippen molar-refractivity contribution < 1.29 is 4.79 Å². The molecule has 0 aliphatic carbocycles. The Balaban J connectivity index is 1.25. The number of pyridine rings is 2. The second-order valence-electron chi connectivity index (χ2n) is 9.57. The van der Waals surface area contributed by atoms with Gasteiger partial charge in [-0.3, -0.25) is 9.48 Å². The lowest BCUT2D eigenvalue weighted by molar-refractivity contribution is 0.0966. The number of hydrogen-bond donors (Lipinski definition) is 2. The van der Waals surface area contributed by atoms with Gasteiger partial charge >= 0.3 is 0 Å². The van der Waals surface area contributed by atoms with Crippen LogP contribution in [0.2, 0.25) is 0 Å². The van der Waals surface area contributed by atoms with E-state index in [4.69, 9.17) is 0 Å². The summed E-state index contributed by atoms with van der Waals surface area (Å²) in [5, 5.41) is 10.6. The molecule has 3 aromatic heterocycles. The Bertz CT molecular complexity index is 1560. The normalized spacial score (nSPS) is 15.0. The monoisotopic (exact) mass is 504 g/mol. The van der Waals surface area contributed by atoms with Crippen LogP contribution in [0, 0.1) is 11.8 Å². The maximum absolute atomic E-state index is 12.8. The van der Waals surface area contributed by atoms with E-state index in [0.29, 0.717) is 29.3 Å². The van der Waals surface area contributed by atoms with E-state index in [1.807, 2.05) is 55.8 Å². The van der Waals surface area contributed by atoms with Crippen LogP contribution in [0.3, 0.4) is 0 Å². The zero-order valence-corrected chi connectivity index (χ0v) is 21.4. The fourth-order valence-electron chi connectivity index (χ4n) is 4.85. The van der Waals surface area contributed by atoms with Crippen LogP contribution in [0.15, 0.2) is 61.1 Å². The second kappa shape index (κ2) is 10.00. The number of fused-ring (bicyclic) bond motifs is 1. The van der Waals surface area contributed by atoms with Crippen molar-refractivity contribution in [2.24, 2.45) is 7.05 Å². The van der Waals surface area contributed by atoms with Crippen LogP contribution in [-0.2, 0) is 13.6 Å². The minimum atomic E-state index is -0.0948. The third-order valence-electron chi connectivity index (χ3n) is 6.95. The van der Waals surface area contributed by atoms with Crippen molar-refractivity contribution in [3.8, 4) is 23.0 Å². The predicted molar refractivity (Wildman–Crippen MR) is 147 cm³/mol. The average Bonchev–Trinajstić information content (AvgIpc) is 3.54. The molecular weight excluding hydrogens is 476 g/mol. The molecule has 1 fully saturated rings. The van der Waals surface area contributed by atoms with Gasteiger partial charge in [0.1, 0.15) is 17.2 Å². The molecule has 6 rings (SSSR count). The van der Waals surface area contributed by atoms with Gasteiger partial charge in [-0.25, -0.2) is 9.97 Å². The SMILES string of the molecule is CN1CCN(c2ccc(Nc3ccc(-c4ccnc(C#Cc5ccn(C)n5)c4)c4c3C(=O)NC4)nc2)CC1. The van der Waals surface area contributed by atoms with Gasteiger partial charge < -0.3 is 20.4 Å². The highest BCUT2D eigenvalue weighted by atomic mass is 16.1. The van der Waals surface area contributed by atoms with Crippen molar-refractivity contribution in [3.05, 3.63) is 83.6 Å². The molecule has 190 valence electrons. The first-order valence-corrected chi connectivity index (χ1v) is 12.6. The number of aryl methyl sites for hydroxylation is 1. The van der Waals surface area contributed by atoms with Crippen LogP contribution in [0.5, 0.6) is 0 Å². The Morgan fingerprint density at radius 2 is 1.79 bits per heavy atom. The number of nitrogens with one attached hydrogen (secondary N) is 2. The van der Waals surface area contributed by atoms with E-state index >= 15 is 0 Å². The van der Waals surface area contributed by atoms with E-state index in [1.165, 1.54) is 0 Å². The van der Waals surface area contributed by atoms with Crippen molar-refractivity contribution in [3.63, 3.8) is 0 Å². The maximum atomic E-state index is 12.8. The molecular formula is C29H28N8O. The number of amides is 1. The lowest BCUT2D eigenvalue weighted by Crippen LogP contribution is -2.44. The largest absolute Gasteiger partial charge is 0.368 e. The van der Waals surface area contributed by atoms with Crippen LogP contribution >= 0.6 is 0 Å². The lowest BCUT2D eigenvalue weighted by atomic mass is 9.95. The summed E-state index contributed by atoms with van der Waals surface area (Å²) in [7, 11) is 4.01. The number of likely N-dealkylation sites (N-methyl/N-ethyl adjacent to an activating group) is 1. The van der Waals surface area contributed by atoms with Crippen molar-refractivity contribution in [1.82, 2.24) is 30.0 Å². The molecule has 1 saturated heterocycles. The molecule has 0 saturated carbocycles. The fraction of sp³-hybridized carbons (Fsp3) is 0.241. The third-order valence-corrected chi connectivity index (χ3v) is 6.95. The smallest absolute Gasteiger partial charge is 0.254 e. The summed E-state index contributed by atoms with van der Waals surface area (Å²) in [5.41, 5.74) is 6.71. The number of nitrogens with zero attached hydrogens (tertiary/aromatic N) is 6. The van der Waals surface area contributed by atoms with Crippen molar-refractivity contribution >= 4 is 23.1 Å². The first-order valence-electron chi connectivity index (χ1n) is 12.6. The summed E-state index contributed by atoms with van der Waals surface area (Å²) in [4.78, 5) is 26.6. The highest BCUT2D eigenvalue weighted by Gasteiger charge is 2.26. The van der Waals surface area contributed by atoms with E-state index in [1.54, 1.807) is 10.9 Å². The van der Waals surface area contributed by atoms with Crippen molar-refractivity contribution in [1.29, 1.82) is 0 Å². The Kier molecular flexibility index (Phi) is 6.23. The van der Waals surface area contributed by atoms with E-state index in [0.717, 1.165) is 54.2 Å². The fourth-order valence-corrected chi connectivity index (χ4v) is 4.85. The molecule has 0 spiro atoms. The van der Waals surface area contributed by atoms with E-state index in [-0.39, 0.29) is 5.91 Å². The summed E-state index contributed by atoms with van der Waals surface area (Å²) in [6, 6.07) is 13.8. The van der Waals surface area contributed by atoms with Gasteiger partial charge in [-0.2, -0.15) is 5.10 Å². The molecule has 0 atom stereocenters. The Labute approximate surface area is 221 Å². The van der Waals surface area contributed by atoms with Gasteiger partial charge in [0.15, 0.2) is 0 Å². The summed E-state index contributed by atoms with van der Waals surface area (Å²) in [5.74, 6) is 6.75. The molecule has 5 heterocycles. The highest BCUT2D eigenvalue weighted by molar-refractivity contribution is 6.06. The zero-order chi connectivity index (χ0) is 26.1. The number of carbonyl (C=O) groups is 1. The zero-order valence-electron chi connectivity index (χ0n) is 21.4. The predicted octanol–water partition coefficient (Wildman–Crippen LogP) is 3.02. The molecule has 38 heavy (non-hydrogen) atoms. The third kappa shape index (κ3) is 4.82. The quantitative estimate of drug-likeness (QED) is 0.413. The highest BCUT2D eigenvalue weighted by Crippen LogP contribution is 2.35. The van der Waals surface area contributed by atoms with Crippen LogP contribution < -0.4 is 15.5 Å². The molecule has 0 bridgehead atoms. The van der Waals surface area contributed by atoms with Gasteiger partial charge in [0.2, 0.25) is 0 Å². The first-order chi connectivity index (χ1) is 18.5. The number of hydrogen-bond acceptors (Lipinski definition) is 7. The minimum absolute atomic E-state index is 0.0948. The average molecular weight is 505 g/mol. The number of aromatic nitrogens is 4. The van der Waals surface area contributed by atoms with Gasteiger partial charge in [0.05, 0.1) is 23.1 Å². The van der Waals surface area contributed by atoms with Gasteiger partial charge in [-0.1, -0.05) is 6.07 Å². The van der Waals surface area contributed by atoms with Crippen molar-refractivity contribution in [2.45, 2.75) is 6.54 Å².